The van der Waals surface area contributed by atoms with Crippen LogP contribution >= 0.6 is 0 Å². The van der Waals surface area contributed by atoms with Crippen LogP contribution < -0.4 is 5.32 Å². The quantitative estimate of drug-likeness (QED) is 0.550. The van der Waals surface area contributed by atoms with Crippen LogP contribution in [0.1, 0.15) is 11.3 Å². The monoisotopic (exact) mass is 357 g/mol. The molecule has 1 amide bonds. The number of carbonyl (C=O) groups excluding carboxylic acids is 1. The molecule has 5 nitrogen and oxygen atoms in total. The number of rotatable bonds is 4. The van der Waals surface area contributed by atoms with Gasteiger partial charge in [0, 0.05) is 11.6 Å². The van der Waals surface area contributed by atoms with Crippen molar-refractivity contribution in [3.8, 4) is 23.5 Å². The van der Waals surface area contributed by atoms with Gasteiger partial charge in [0.1, 0.15) is 35.0 Å². The van der Waals surface area contributed by atoms with Crippen molar-refractivity contribution in [1.29, 1.82) is 10.5 Å². The molecular weight excluding hydrogens is 345 g/mol. The Morgan fingerprint density at radius 2 is 1.78 bits per heavy atom. The zero-order valence-corrected chi connectivity index (χ0v) is 13.9. The normalized spacial score (nSPS) is 10.7. The minimum atomic E-state index is -0.653. The molecule has 130 valence electrons. The molecule has 0 saturated heterocycles. The Balaban J connectivity index is 1.82. The van der Waals surface area contributed by atoms with Crippen molar-refractivity contribution in [2.75, 3.05) is 5.32 Å². The summed E-state index contributed by atoms with van der Waals surface area (Å²) in [5, 5.41) is 20.9. The Kier molecular flexibility index (Phi) is 5.11. The highest BCUT2D eigenvalue weighted by Crippen LogP contribution is 2.24. The molecule has 3 aromatic rings. The lowest BCUT2D eigenvalue weighted by Gasteiger charge is -2.05. The van der Waals surface area contributed by atoms with Crippen molar-refractivity contribution < 1.29 is 13.6 Å². The Hall–Kier alpha value is -4.16. The molecule has 0 spiro atoms. The first kappa shape index (κ1) is 17.7. The van der Waals surface area contributed by atoms with Gasteiger partial charge in [0.15, 0.2) is 0 Å². The molecule has 1 aromatic heterocycles. The van der Waals surface area contributed by atoms with Gasteiger partial charge in [0.25, 0.3) is 5.91 Å². The van der Waals surface area contributed by atoms with Crippen molar-refractivity contribution in [3.05, 3.63) is 83.4 Å². The lowest BCUT2D eigenvalue weighted by molar-refractivity contribution is -0.112. The summed E-state index contributed by atoms with van der Waals surface area (Å²) in [6, 6.07) is 19.3. The van der Waals surface area contributed by atoms with E-state index in [1.165, 1.54) is 18.2 Å². The van der Waals surface area contributed by atoms with Gasteiger partial charge in [0.2, 0.25) is 0 Å². The maximum atomic E-state index is 13.0. The number of nitriles is 2. The molecule has 0 saturated carbocycles. The van der Waals surface area contributed by atoms with Gasteiger partial charge < -0.3 is 9.73 Å². The summed E-state index contributed by atoms with van der Waals surface area (Å²) in [5.41, 5.74) is 1.10. The molecular formula is C21H12FN3O2. The number of amides is 1. The highest BCUT2D eigenvalue weighted by atomic mass is 19.1. The van der Waals surface area contributed by atoms with E-state index < -0.39 is 5.91 Å². The van der Waals surface area contributed by atoms with Gasteiger partial charge in [-0.15, -0.1) is 0 Å². The third-order valence-corrected chi connectivity index (χ3v) is 3.70. The first-order valence-electron chi connectivity index (χ1n) is 7.89. The zero-order valence-electron chi connectivity index (χ0n) is 13.9. The van der Waals surface area contributed by atoms with Gasteiger partial charge in [-0.25, -0.2) is 4.39 Å². The zero-order chi connectivity index (χ0) is 19.2. The molecule has 27 heavy (non-hydrogen) atoms. The molecule has 0 radical (unpaired) electrons. The molecule has 0 aliphatic heterocycles. The average Bonchev–Trinajstić information content (AvgIpc) is 3.15. The molecule has 0 bridgehead atoms. The van der Waals surface area contributed by atoms with Crippen LogP contribution in [0.4, 0.5) is 10.1 Å². The number of hydrogen-bond donors (Lipinski definition) is 1. The molecule has 0 atom stereocenters. The molecule has 0 aliphatic carbocycles. The number of furan rings is 1. The molecule has 6 heteroatoms. The third kappa shape index (κ3) is 4.09. The van der Waals surface area contributed by atoms with Gasteiger partial charge >= 0.3 is 0 Å². The minimum absolute atomic E-state index is 0.178. The number of carbonyl (C=O) groups is 1. The van der Waals surface area contributed by atoms with E-state index in [2.05, 4.69) is 5.32 Å². The van der Waals surface area contributed by atoms with Crippen molar-refractivity contribution >= 4 is 17.7 Å². The summed E-state index contributed by atoms with van der Waals surface area (Å²) in [7, 11) is 0. The SMILES string of the molecule is N#C/C(=C\c1ccc(-c2ccc(F)cc2)o1)C(=O)Nc1ccccc1C#N. The van der Waals surface area contributed by atoms with Crippen molar-refractivity contribution in [2.45, 2.75) is 0 Å². The summed E-state index contributed by atoms with van der Waals surface area (Å²) in [5.74, 6) is -0.227. The second-order valence-corrected chi connectivity index (χ2v) is 5.49. The summed E-state index contributed by atoms with van der Waals surface area (Å²) in [6.45, 7) is 0. The highest BCUT2D eigenvalue weighted by Gasteiger charge is 2.13. The van der Waals surface area contributed by atoms with E-state index in [1.54, 1.807) is 48.5 Å². The van der Waals surface area contributed by atoms with Crippen molar-refractivity contribution in [3.63, 3.8) is 0 Å². The van der Waals surface area contributed by atoms with Crippen molar-refractivity contribution in [2.24, 2.45) is 0 Å². The second kappa shape index (κ2) is 7.81. The van der Waals surface area contributed by atoms with E-state index in [0.717, 1.165) is 0 Å². The largest absolute Gasteiger partial charge is 0.457 e. The van der Waals surface area contributed by atoms with E-state index in [-0.39, 0.29) is 11.4 Å². The number of nitrogens with zero attached hydrogens (tertiary/aromatic N) is 2. The van der Waals surface area contributed by atoms with Crippen LogP contribution in [-0.4, -0.2) is 5.91 Å². The van der Waals surface area contributed by atoms with Crippen LogP contribution in [0, 0.1) is 28.5 Å². The summed E-state index contributed by atoms with van der Waals surface area (Å²) < 4.78 is 18.6. The Bertz CT molecular complexity index is 1100. The van der Waals surface area contributed by atoms with E-state index >= 15 is 0 Å². The number of anilines is 1. The Morgan fingerprint density at radius 3 is 2.48 bits per heavy atom. The van der Waals surface area contributed by atoms with E-state index in [9.17, 15) is 14.4 Å². The van der Waals surface area contributed by atoms with Gasteiger partial charge in [-0.3, -0.25) is 4.79 Å². The average molecular weight is 357 g/mol. The fourth-order valence-electron chi connectivity index (χ4n) is 2.37. The van der Waals surface area contributed by atoms with Crippen LogP contribution in [0.5, 0.6) is 0 Å². The molecule has 0 aliphatic rings. The lowest BCUT2D eigenvalue weighted by Crippen LogP contribution is -2.14. The molecule has 0 fully saturated rings. The fourth-order valence-corrected chi connectivity index (χ4v) is 2.37. The highest BCUT2D eigenvalue weighted by molar-refractivity contribution is 6.10. The van der Waals surface area contributed by atoms with Crippen LogP contribution in [0.25, 0.3) is 17.4 Å². The summed E-state index contributed by atoms with van der Waals surface area (Å²) in [6.07, 6.45) is 1.30. The number of benzene rings is 2. The predicted molar refractivity (Wildman–Crippen MR) is 97.5 cm³/mol. The van der Waals surface area contributed by atoms with Crippen molar-refractivity contribution in [1.82, 2.24) is 0 Å². The Morgan fingerprint density at radius 1 is 1.04 bits per heavy atom. The second-order valence-electron chi connectivity index (χ2n) is 5.49. The number of para-hydroxylation sites is 1. The minimum Gasteiger partial charge on any atom is -0.457 e. The van der Waals surface area contributed by atoms with Crippen LogP contribution in [-0.2, 0) is 4.79 Å². The maximum Gasteiger partial charge on any atom is 0.266 e. The third-order valence-electron chi connectivity index (χ3n) is 3.70. The standard InChI is InChI=1S/C21H12FN3O2/c22-17-7-5-14(6-8-17)20-10-9-18(27-20)11-16(13-24)21(26)25-19-4-2-1-3-15(19)12-23/h1-11H,(H,25,26)/b16-11+. The number of hydrogen-bond acceptors (Lipinski definition) is 4. The van der Waals surface area contributed by atoms with Crippen LogP contribution in [0.15, 0.2) is 70.7 Å². The summed E-state index contributed by atoms with van der Waals surface area (Å²) >= 11 is 0. The molecule has 2 aromatic carbocycles. The first-order chi connectivity index (χ1) is 13.1. The fraction of sp³-hybridized carbons (Fsp3) is 0. The number of nitrogens with one attached hydrogen (secondary N) is 1. The van der Waals surface area contributed by atoms with Crippen LogP contribution in [0.3, 0.4) is 0 Å². The van der Waals surface area contributed by atoms with E-state index in [0.29, 0.717) is 28.3 Å². The molecule has 3 rings (SSSR count). The van der Waals surface area contributed by atoms with Gasteiger partial charge in [-0.1, -0.05) is 12.1 Å². The van der Waals surface area contributed by atoms with Gasteiger partial charge in [-0.05, 0) is 48.5 Å². The topological polar surface area (TPSA) is 89.8 Å². The van der Waals surface area contributed by atoms with Gasteiger partial charge in [0.05, 0.1) is 11.3 Å². The lowest BCUT2D eigenvalue weighted by atomic mass is 10.1. The summed E-state index contributed by atoms with van der Waals surface area (Å²) in [4.78, 5) is 12.3. The van der Waals surface area contributed by atoms with E-state index in [4.69, 9.17) is 9.68 Å². The smallest absolute Gasteiger partial charge is 0.266 e. The van der Waals surface area contributed by atoms with Gasteiger partial charge in [-0.2, -0.15) is 10.5 Å². The molecule has 1 N–H and O–H groups in total. The predicted octanol–water partition coefficient (Wildman–Crippen LogP) is 4.50. The molecule has 0 unspecified atom stereocenters. The first-order valence-corrected chi connectivity index (χ1v) is 7.89. The molecule has 1 heterocycles. The Labute approximate surface area is 154 Å². The van der Waals surface area contributed by atoms with E-state index in [1.807, 2.05) is 12.1 Å². The number of halogens is 1. The maximum absolute atomic E-state index is 13.0. The van der Waals surface area contributed by atoms with Crippen LogP contribution in [0.2, 0.25) is 0 Å².